The van der Waals surface area contributed by atoms with E-state index in [1.807, 2.05) is 31.2 Å². The number of piperidine rings is 1. The van der Waals surface area contributed by atoms with Crippen LogP contribution in [0.1, 0.15) is 30.9 Å². The van der Waals surface area contributed by atoms with Crippen LogP contribution in [0, 0.1) is 12.8 Å². The second-order valence-electron chi connectivity index (χ2n) is 5.72. The van der Waals surface area contributed by atoms with Crippen LogP contribution in [0.3, 0.4) is 0 Å². The highest BCUT2D eigenvalue weighted by Crippen LogP contribution is 2.20. The zero-order valence-electron chi connectivity index (χ0n) is 13.2. The van der Waals surface area contributed by atoms with E-state index in [2.05, 4.69) is 5.32 Å². The number of nitrogens with zero attached hydrogens (tertiary/aromatic N) is 1. The lowest BCUT2D eigenvalue weighted by Crippen LogP contribution is -2.43. The lowest BCUT2D eigenvalue weighted by molar-refractivity contribution is -0.126. The van der Waals surface area contributed by atoms with Gasteiger partial charge in [0.05, 0.1) is 5.75 Å². The topological polar surface area (TPSA) is 66.5 Å². The average Bonchev–Trinajstić information content (AvgIpc) is 2.54. The van der Waals surface area contributed by atoms with Gasteiger partial charge in [0, 0.05) is 25.6 Å². The van der Waals surface area contributed by atoms with Crippen molar-refractivity contribution in [1.82, 2.24) is 9.62 Å². The van der Waals surface area contributed by atoms with Gasteiger partial charge < -0.3 is 5.32 Å². The first-order valence-electron chi connectivity index (χ1n) is 7.74. The summed E-state index contributed by atoms with van der Waals surface area (Å²) >= 11 is 0. The molecule has 0 atom stereocenters. The van der Waals surface area contributed by atoms with Crippen LogP contribution in [0.2, 0.25) is 0 Å². The third kappa shape index (κ3) is 4.08. The first kappa shape index (κ1) is 17.0. The molecule has 0 aromatic heterocycles. The van der Waals surface area contributed by atoms with Crippen molar-refractivity contribution in [2.24, 2.45) is 5.92 Å². The molecule has 22 heavy (non-hydrogen) atoms. The minimum absolute atomic E-state index is 0.0248. The molecule has 0 bridgehead atoms. The molecule has 1 N–H and O–H groups in total. The van der Waals surface area contributed by atoms with Crippen LogP contribution in [-0.4, -0.2) is 37.5 Å². The summed E-state index contributed by atoms with van der Waals surface area (Å²) in [6.07, 6.45) is 1.19. The van der Waals surface area contributed by atoms with Gasteiger partial charge >= 0.3 is 0 Å². The van der Waals surface area contributed by atoms with Crippen LogP contribution in [0.15, 0.2) is 24.3 Å². The summed E-state index contributed by atoms with van der Waals surface area (Å²) in [6.45, 7) is 5.09. The zero-order valence-corrected chi connectivity index (χ0v) is 14.0. The molecule has 2 rings (SSSR count). The number of benzene rings is 1. The number of aryl methyl sites for hydroxylation is 1. The molecule has 1 aromatic rings. The van der Waals surface area contributed by atoms with E-state index in [1.165, 1.54) is 4.31 Å². The maximum Gasteiger partial charge on any atom is 0.223 e. The van der Waals surface area contributed by atoms with Crippen molar-refractivity contribution in [2.45, 2.75) is 33.2 Å². The molecular weight excluding hydrogens is 300 g/mol. The number of hydrogen-bond acceptors (Lipinski definition) is 3. The summed E-state index contributed by atoms with van der Waals surface area (Å²) in [7, 11) is -3.13. The average molecular weight is 324 g/mol. The molecule has 1 saturated heterocycles. The summed E-state index contributed by atoms with van der Waals surface area (Å²) < 4.78 is 25.1. The summed E-state index contributed by atoms with van der Waals surface area (Å²) in [5.74, 6) is 0.0565. The van der Waals surface area contributed by atoms with Crippen LogP contribution in [0.4, 0.5) is 0 Å². The molecule has 0 unspecified atom stereocenters. The summed E-state index contributed by atoms with van der Waals surface area (Å²) in [6, 6.07) is 7.97. The van der Waals surface area contributed by atoms with E-state index >= 15 is 0 Å². The SMILES string of the molecule is CCS(=O)(=O)N1CCC(C(=O)NCc2ccccc2C)CC1. The van der Waals surface area contributed by atoms with E-state index in [0.29, 0.717) is 32.5 Å². The van der Waals surface area contributed by atoms with Gasteiger partial charge in [-0.15, -0.1) is 0 Å². The lowest BCUT2D eigenvalue weighted by atomic mass is 9.97. The Bertz CT molecular complexity index is 620. The van der Waals surface area contributed by atoms with Gasteiger partial charge in [0.2, 0.25) is 15.9 Å². The molecule has 1 aliphatic rings. The van der Waals surface area contributed by atoms with Gasteiger partial charge in [-0.3, -0.25) is 4.79 Å². The van der Waals surface area contributed by atoms with E-state index < -0.39 is 10.0 Å². The quantitative estimate of drug-likeness (QED) is 0.896. The van der Waals surface area contributed by atoms with Crippen LogP contribution >= 0.6 is 0 Å². The lowest BCUT2D eigenvalue weighted by Gasteiger charge is -2.30. The molecule has 1 heterocycles. The van der Waals surface area contributed by atoms with Crippen LogP contribution in [-0.2, 0) is 21.4 Å². The Morgan fingerprint density at radius 1 is 1.27 bits per heavy atom. The molecule has 1 fully saturated rings. The Balaban J connectivity index is 1.84. The van der Waals surface area contributed by atoms with Crippen molar-refractivity contribution in [3.63, 3.8) is 0 Å². The van der Waals surface area contributed by atoms with Gasteiger partial charge in [0.25, 0.3) is 0 Å². The van der Waals surface area contributed by atoms with Crippen molar-refractivity contribution in [3.05, 3.63) is 35.4 Å². The van der Waals surface area contributed by atoms with E-state index in [0.717, 1.165) is 11.1 Å². The normalized spacial score (nSPS) is 17.4. The fourth-order valence-electron chi connectivity index (χ4n) is 2.71. The summed E-state index contributed by atoms with van der Waals surface area (Å²) in [4.78, 5) is 12.2. The molecule has 1 amide bonds. The van der Waals surface area contributed by atoms with E-state index in [1.54, 1.807) is 6.92 Å². The molecule has 5 nitrogen and oxygen atoms in total. The molecule has 0 aliphatic carbocycles. The molecule has 122 valence electrons. The second kappa shape index (κ2) is 7.24. The predicted molar refractivity (Wildman–Crippen MR) is 86.8 cm³/mol. The van der Waals surface area contributed by atoms with Crippen molar-refractivity contribution >= 4 is 15.9 Å². The minimum atomic E-state index is -3.13. The molecule has 0 saturated carbocycles. The third-order valence-corrected chi connectivity index (χ3v) is 6.18. The Morgan fingerprint density at radius 2 is 1.91 bits per heavy atom. The zero-order chi connectivity index (χ0) is 16.2. The smallest absolute Gasteiger partial charge is 0.223 e. The summed E-state index contributed by atoms with van der Waals surface area (Å²) in [5, 5.41) is 2.97. The standard InChI is InChI=1S/C16H24N2O3S/c1-3-22(20,21)18-10-8-14(9-11-18)16(19)17-12-15-7-5-4-6-13(15)2/h4-7,14H,3,8-12H2,1-2H3,(H,17,19). The van der Waals surface area contributed by atoms with Crippen molar-refractivity contribution in [2.75, 3.05) is 18.8 Å². The maximum atomic E-state index is 12.2. The highest BCUT2D eigenvalue weighted by Gasteiger charge is 2.29. The molecule has 0 radical (unpaired) electrons. The largest absolute Gasteiger partial charge is 0.352 e. The molecule has 0 spiro atoms. The van der Waals surface area contributed by atoms with Crippen LogP contribution < -0.4 is 5.32 Å². The van der Waals surface area contributed by atoms with Gasteiger partial charge in [-0.2, -0.15) is 0 Å². The Hall–Kier alpha value is -1.40. The fourth-order valence-corrected chi connectivity index (χ4v) is 3.85. The van der Waals surface area contributed by atoms with E-state index in [9.17, 15) is 13.2 Å². The first-order valence-corrected chi connectivity index (χ1v) is 9.35. The second-order valence-corrected chi connectivity index (χ2v) is 7.98. The van der Waals surface area contributed by atoms with Gasteiger partial charge in [0.1, 0.15) is 0 Å². The Labute approximate surface area is 132 Å². The highest BCUT2D eigenvalue weighted by molar-refractivity contribution is 7.89. The molecule has 6 heteroatoms. The number of rotatable bonds is 5. The minimum Gasteiger partial charge on any atom is -0.352 e. The number of sulfonamides is 1. The third-order valence-electron chi connectivity index (χ3n) is 4.30. The molecular formula is C16H24N2O3S. The number of hydrogen-bond donors (Lipinski definition) is 1. The first-order chi connectivity index (χ1) is 10.4. The van der Waals surface area contributed by atoms with E-state index in [4.69, 9.17) is 0 Å². The van der Waals surface area contributed by atoms with Crippen molar-refractivity contribution in [3.8, 4) is 0 Å². The number of carbonyl (C=O) groups is 1. The highest BCUT2D eigenvalue weighted by atomic mass is 32.2. The molecule has 1 aromatic carbocycles. The van der Waals surface area contributed by atoms with Gasteiger partial charge in [-0.25, -0.2) is 12.7 Å². The van der Waals surface area contributed by atoms with Crippen molar-refractivity contribution < 1.29 is 13.2 Å². The van der Waals surface area contributed by atoms with Gasteiger partial charge in [0.15, 0.2) is 0 Å². The summed E-state index contributed by atoms with van der Waals surface area (Å²) in [5.41, 5.74) is 2.27. The monoisotopic (exact) mass is 324 g/mol. The van der Waals surface area contributed by atoms with Gasteiger partial charge in [-0.1, -0.05) is 24.3 Å². The number of carbonyl (C=O) groups excluding carboxylic acids is 1. The van der Waals surface area contributed by atoms with E-state index in [-0.39, 0.29) is 17.6 Å². The Morgan fingerprint density at radius 3 is 2.50 bits per heavy atom. The van der Waals surface area contributed by atoms with Crippen LogP contribution in [0.25, 0.3) is 0 Å². The van der Waals surface area contributed by atoms with Crippen LogP contribution in [0.5, 0.6) is 0 Å². The van der Waals surface area contributed by atoms with Gasteiger partial charge in [-0.05, 0) is 37.8 Å². The molecule has 1 aliphatic heterocycles. The Kier molecular flexibility index (Phi) is 5.58. The maximum absolute atomic E-state index is 12.2. The number of amides is 1. The fraction of sp³-hybridized carbons (Fsp3) is 0.562. The predicted octanol–water partition coefficient (Wildman–Crippen LogP) is 1.67. The number of nitrogens with one attached hydrogen (secondary N) is 1. The van der Waals surface area contributed by atoms with Crippen molar-refractivity contribution in [1.29, 1.82) is 0 Å².